The fraction of sp³-hybridized carbons (Fsp3) is 0. The van der Waals surface area contributed by atoms with E-state index in [4.69, 9.17) is 4.52 Å². The number of nitrogens with one attached hydrogen (secondary N) is 2. The van der Waals surface area contributed by atoms with E-state index in [1.54, 1.807) is 41.8 Å². The standard InChI is InChI=1S/C19H14N4O3S/c24-14-8-4-7-13(9-14)21-19-22-16(11-27-19)17-10-15(23-26-17)18(25)20-12-5-2-1-3-6-12/h1-11,24H,(H,20,25)(H,21,22). The van der Waals surface area contributed by atoms with Crippen LogP contribution in [0.25, 0.3) is 11.5 Å². The van der Waals surface area contributed by atoms with Crippen LogP contribution >= 0.6 is 11.3 Å². The van der Waals surface area contributed by atoms with Gasteiger partial charge in [0.05, 0.1) is 0 Å². The highest BCUT2D eigenvalue weighted by atomic mass is 32.1. The zero-order chi connectivity index (χ0) is 18.6. The van der Waals surface area contributed by atoms with Gasteiger partial charge >= 0.3 is 0 Å². The maximum Gasteiger partial charge on any atom is 0.277 e. The molecule has 0 bridgehead atoms. The lowest BCUT2D eigenvalue weighted by atomic mass is 10.3. The number of rotatable bonds is 5. The Labute approximate surface area is 158 Å². The average Bonchev–Trinajstić information content (AvgIpc) is 3.32. The summed E-state index contributed by atoms with van der Waals surface area (Å²) in [5, 5.41) is 21.6. The molecule has 0 aliphatic rings. The quantitative estimate of drug-likeness (QED) is 0.473. The molecule has 2 aromatic heterocycles. The SMILES string of the molecule is O=C(Nc1ccccc1)c1cc(-c2csc(Nc3cccc(O)c3)n2)on1. The first-order valence-corrected chi connectivity index (χ1v) is 8.90. The van der Waals surface area contributed by atoms with Gasteiger partial charge in [-0.15, -0.1) is 11.3 Å². The molecule has 0 saturated heterocycles. The molecule has 1 amide bonds. The Morgan fingerprint density at radius 1 is 1.04 bits per heavy atom. The van der Waals surface area contributed by atoms with Gasteiger partial charge in [-0.2, -0.15) is 0 Å². The summed E-state index contributed by atoms with van der Waals surface area (Å²) in [5.41, 5.74) is 2.13. The number of hydrogen-bond donors (Lipinski definition) is 3. The zero-order valence-corrected chi connectivity index (χ0v) is 14.7. The van der Waals surface area contributed by atoms with E-state index in [1.807, 2.05) is 24.3 Å². The number of anilines is 3. The fourth-order valence-corrected chi connectivity index (χ4v) is 3.09. The Hall–Kier alpha value is -3.65. The topological polar surface area (TPSA) is 100 Å². The fourth-order valence-electron chi connectivity index (χ4n) is 2.37. The Morgan fingerprint density at radius 3 is 2.67 bits per heavy atom. The molecule has 2 aromatic carbocycles. The number of benzene rings is 2. The van der Waals surface area contributed by atoms with E-state index in [1.165, 1.54) is 11.3 Å². The average molecular weight is 378 g/mol. The van der Waals surface area contributed by atoms with Gasteiger partial charge in [0.25, 0.3) is 5.91 Å². The predicted molar refractivity (Wildman–Crippen MR) is 103 cm³/mol. The molecule has 2 heterocycles. The number of phenolic OH excluding ortho intramolecular Hbond substituents is 1. The number of amides is 1. The van der Waals surface area contributed by atoms with E-state index < -0.39 is 0 Å². The molecule has 0 fully saturated rings. The molecule has 0 aliphatic carbocycles. The maximum atomic E-state index is 12.2. The number of nitrogens with zero attached hydrogens (tertiary/aromatic N) is 2. The lowest BCUT2D eigenvalue weighted by molar-refractivity contribution is 0.101. The van der Waals surface area contributed by atoms with Crippen molar-refractivity contribution in [3.8, 4) is 17.2 Å². The minimum Gasteiger partial charge on any atom is -0.508 e. The van der Waals surface area contributed by atoms with E-state index in [2.05, 4.69) is 20.8 Å². The van der Waals surface area contributed by atoms with Gasteiger partial charge in [0, 0.05) is 28.9 Å². The van der Waals surface area contributed by atoms with Crippen molar-refractivity contribution in [3.05, 3.63) is 71.7 Å². The van der Waals surface area contributed by atoms with Crippen LogP contribution in [0, 0.1) is 0 Å². The summed E-state index contributed by atoms with van der Waals surface area (Å²) in [6.45, 7) is 0. The molecule has 0 atom stereocenters. The van der Waals surface area contributed by atoms with Gasteiger partial charge in [-0.25, -0.2) is 4.98 Å². The van der Waals surface area contributed by atoms with Crippen LogP contribution in [0.2, 0.25) is 0 Å². The first-order valence-electron chi connectivity index (χ1n) is 8.02. The van der Waals surface area contributed by atoms with Gasteiger partial charge in [0.2, 0.25) is 0 Å². The van der Waals surface area contributed by atoms with Crippen LogP contribution in [0.5, 0.6) is 5.75 Å². The van der Waals surface area contributed by atoms with Crippen molar-refractivity contribution in [2.24, 2.45) is 0 Å². The molecular weight excluding hydrogens is 364 g/mol. The lowest BCUT2D eigenvalue weighted by Crippen LogP contribution is -2.11. The molecule has 0 unspecified atom stereocenters. The summed E-state index contributed by atoms with van der Waals surface area (Å²) in [4.78, 5) is 16.7. The Balaban J connectivity index is 1.47. The molecule has 0 radical (unpaired) electrons. The molecule has 0 saturated carbocycles. The summed E-state index contributed by atoms with van der Waals surface area (Å²) in [5.74, 6) is 0.207. The number of aromatic nitrogens is 2. The van der Waals surface area contributed by atoms with Gasteiger partial charge < -0.3 is 20.3 Å². The van der Waals surface area contributed by atoms with E-state index in [9.17, 15) is 9.90 Å². The van der Waals surface area contributed by atoms with Crippen molar-refractivity contribution in [2.45, 2.75) is 0 Å². The highest BCUT2D eigenvalue weighted by Crippen LogP contribution is 2.28. The number of para-hydroxylation sites is 1. The Morgan fingerprint density at radius 2 is 1.85 bits per heavy atom. The van der Waals surface area contributed by atoms with Gasteiger partial charge in [-0.05, 0) is 24.3 Å². The highest BCUT2D eigenvalue weighted by Gasteiger charge is 2.16. The van der Waals surface area contributed by atoms with Gasteiger partial charge in [-0.1, -0.05) is 29.4 Å². The minimum atomic E-state index is -0.357. The van der Waals surface area contributed by atoms with Crippen LogP contribution in [-0.2, 0) is 0 Å². The largest absolute Gasteiger partial charge is 0.508 e. The molecule has 8 heteroatoms. The molecule has 134 valence electrons. The molecule has 7 nitrogen and oxygen atoms in total. The van der Waals surface area contributed by atoms with Crippen LogP contribution in [0.1, 0.15) is 10.5 Å². The predicted octanol–water partition coefficient (Wildman–Crippen LogP) is 4.50. The third-order valence-corrected chi connectivity index (χ3v) is 4.39. The summed E-state index contributed by atoms with van der Waals surface area (Å²) >= 11 is 1.37. The summed E-state index contributed by atoms with van der Waals surface area (Å²) in [6.07, 6.45) is 0. The second-order valence-electron chi connectivity index (χ2n) is 5.61. The van der Waals surface area contributed by atoms with E-state index in [-0.39, 0.29) is 17.4 Å². The number of aromatic hydroxyl groups is 1. The van der Waals surface area contributed by atoms with Crippen LogP contribution in [0.15, 0.2) is 70.6 Å². The Bertz CT molecular complexity index is 1080. The van der Waals surface area contributed by atoms with Crippen molar-refractivity contribution in [3.63, 3.8) is 0 Å². The normalized spacial score (nSPS) is 10.5. The molecule has 4 aromatic rings. The first kappa shape index (κ1) is 16.8. The molecular formula is C19H14N4O3S. The number of phenols is 1. The van der Waals surface area contributed by atoms with Crippen molar-refractivity contribution in [1.82, 2.24) is 10.1 Å². The second kappa shape index (κ2) is 7.30. The monoisotopic (exact) mass is 378 g/mol. The third-order valence-electron chi connectivity index (χ3n) is 3.63. The number of hydrogen-bond acceptors (Lipinski definition) is 7. The van der Waals surface area contributed by atoms with Gasteiger partial charge in [0.15, 0.2) is 16.6 Å². The summed E-state index contributed by atoms with van der Waals surface area (Å²) in [6, 6.07) is 17.4. The van der Waals surface area contributed by atoms with Crippen LogP contribution in [0.4, 0.5) is 16.5 Å². The Kier molecular flexibility index (Phi) is 4.54. The van der Waals surface area contributed by atoms with Gasteiger partial charge in [-0.3, -0.25) is 4.79 Å². The van der Waals surface area contributed by atoms with E-state index in [0.29, 0.717) is 22.3 Å². The van der Waals surface area contributed by atoms with Crippen molar-refractivity contribution in [1.29, 1.82) is 0 Å². The van der Waals surface area contributed by atoms with Crippen LogP contribution < -0.4 is 10.6 Å². The lowest BCUT2D eigenvalue weighted by Gasteiger charge is -2.01. The van der Waals surface area contributed by atoms with Crippen molar-refractivity contribution in [2.75, 3.05) is 10.6 Å². The zero-order valence-electron chi connectivity index (χ0n) is 13.9. The smallest absolute Gasteiger partial charge is 0.277 e. The molecule has 3 N–H and O–H groups in total. The molecule has 0 spiro atoms. The van der Waals surface area contributed by atoms with Gasteiger partial charge in [0.1, 0.15) is 11.4 Å². The van der Waals surface area contributed by atoms with Crippen LogP contribution in [-0.4, -0.2) is 21.2 Å². The number of thiazole rings is 1. The van der Waals surface area contributed by atoms with E-state index >= 15 is 0 Å². The highest BCUT2D eigenvalue weighted by molar-refractivity contribution is 7.14. The molecule has 4 rings (SSSR count). The maximum absolute atomic E-state index is 12.2. The first-order chi connectivity index (χ1) is 13.2. The second-order valence-corrected chi connectivity index (χ2v) is 6.47. The summed E-state index contributed by atoms with van der Waals surface area (Å²) in [7, 11) is 0. The number of carbonyl (C=O) groups excluding carboxylic acids is 1. The molecule has 27 heavy (non-hydrogen) atoms. The third kappa shape index (κ3) is 3.96. The van der Waals surface area contributed by atoms with Crippen LogP contribution in [0.3, 0.4) is 0 Å². The number of carbonyl (C=O) groups is 1. The molecule has 0 aliphatic heterocycles. The summed E-state index contributed by atoms with van der Waals surface area (Å²) < 4.78 is 5.26. The van der Waals surface area contributed by atoms with E-state index in [0.717, 1.165) is 5.69 Å². The van der Waals surface area contributed by atoms with Crippen molar-refractivity contribution >= 4 is 33.8 Å². The minimum absolute atomic E-state index is 0.168. The van der Waals surface area contributed by atoms with Crippen molar-refractivity contribution < 1.29 is 14.4 Å².